The summed E-state index contributed by atoms with van der Waals surface area (Å²) >= 11 is 0. The van der Waals surface area contributed by atoms with Crippen LogP contribution in [0.4, 0.5) is 48.5 Å². The van der Waals surface area contributed by atoms with Gasteiger partial charge in [0.05, 0.1) is 11.1 Å². The van der Waals surface area contributed by atoms with Gasteiger partial charge in [0.1, 0.15) is 0 Å². The standard InChI is InChI=1S/C21H24F6N6O/c1-3-31(4-2)17-5-6-18(30-29-17)32-7-9-33(10-8-32)19(34)28-16-12-14(20(22,23)24)11-15(13-16)21(25,26)27/h5-6,11-13H,3-4,7-10H2,1-2H3,(H,28,34). The SMILES string of the molecule is CCN(CC)c1ccc(N2CCN(C(=O)Nc3cc(C(F)(F)F)cc(C(F)(F)F)c3)CC2)nn1. The van der Waals surface area contributed by atoms with E-state index in [0.29, 0.717) is 31.0 Å². The summed E-state index contributed by atoms with van der Waals surface area (Å²) in [5, 5.41) is 10.6. The molecular weight excluding hydrogens is 466 g/mol. The molecular formula is C21H24F6N6O. The van der Waals surface area contributed by atoms with Crippen LogP contribution < -0.4 is 15.1 Å². The average Bonchev–Trinajstić information content (AvgIpc) is 2.79. The molecule has 0 bridgehead atoms. The summed E-state index contributed by atoms with van der Waals surface area (Å²) in [6.45, 7) is 6.75. The van der Waals surface area contributed by atoms with E-state index in [4.69, 9.17) is 0 Å². The lowest BCUT2D eigenvalue weighted by atomic mass is 10.1. The molecule has 1 saturated heterocycles. The minimum Gasteiger partial charge on any atom is -0.356 e. The van der Waals surface area contributed by atoms with E-state index in [1.165, 1.54) is 4.90 Å². The zero-order chi connectivity index (χ0) is 25.1. The number of nitrogens with one attached hydrogen (secondary N) is 1. The molecule has 1 aliphatic rings. The fraction of sp³-hybridized carbons (Fsp3) is 0.476. The Morgan fingerprint density at radius 2 is 1.47 bits per heavy atom. The first-order chi connectivity index (χ1) is 15.9. The topological polar surface area (TPSA) is 64.6 Å². The van der Waals surface area contributed by atoms with E-state index in [-0.39, 0.29) is 19.2 Å². The highest BCUT2D eigenvalue weighted by atomic mass is 19.4. The molecule has 2 aromatic rings. The Morgan fingerprint density at radius 3 is 1.91 bits per heavy atom. The Morgan fingerprint density at radius 1 is 0.912 bits per heavy atom. The zero-order valence-electron chi connectivity index (χ0n) is 18.5. The van der Waals surface area contributed by atoms with Gasteiger partial charge in [0.2, 0.25) is 0 Å². The maximum atomic E-state index is 13.0. The van der Waals surface area contributed by atoms with Gasteiger partial charge in [0.25, 0.3) is 0 Å². The third kappa shape index (κ3) is 6.00. The molecule has 7 nitrogen and oxygen atoms in total. The van der Waals surface area contributed by atoms with Crippen molar-refractivity contribution in [3.63, 3.8) is 0 Å². The van der Waals surface area contributed by atoms with Crippen molar-refractivity contribution in [1.29, 1.82) is 0 Å². The molecule has 13 heteroatoms. The van der Waals surface area contributed by atoms with Gasteiger partial charge < -0.3 is 20.0 Å². The number of nitrogens with zero attached hydrogens (tertiary/aromatic N) is 5. The first-order valence-corrected chi connectivity index (χ1v) is 10.6. The van der Waals surface area contributed by atoms with Crippen molar-refractivity contribution in [3.05, 3.63) is 41.5 Å². The van der Waals surface area contributed by atoms with Crippen molar-refractivity contribution in [1.82, 2.24) is 15.1 Å². The fourth-order valence-corrected chi connectivity index (χ4v) is 3.57. The number of carbonyl (C=O) groups is 1. The normalized spacial score (nSPS) is 14.8. The molecule has 1 aliphatic heterocycles. The van der Waals surface area contributed by atoms with Crippen LogP contribution in [0.1, 0.15) is 25.0 Å². The van der Waals surface area contributed by atoms with Gasteiger partial charge in [-0.3, -0.25) is 0 Å². The van der Waals surface area contributed by atoms with Gasteiger partial charge >= 0.3 is 18.4 Å². The largest absolute Gasteiger partial charge is 0.416 e. The predicted molar refractivity (Wildman–Crippen MR) is 115 cm³/mol. The summed E-state index contributed by atoms with van der Waals surface area (Å²) in [4.78, 5) is 17.8. The molecule has 3 rings (SSSR count). The summed E-state index contributed by atoms with van der Waals surface area (Å²) < 4.78 is 78.2. The smallest absolute Gasteiger partial charge is 0.356 e. The van der Waals surface area contributed by atoms with Crippen LogP contribution >= 0.6 is 0 Å². The average molecular weight is 490 g/mol. The van der Waals surface area contributed by atoms with Gasteiger partial charge in [-0.1, -0.05) is 0 Å². The molecule has 1 N–H and O–H groups in total. The van der Waals surface area contributed by atoms with Crippen LogP contribution in [-0.2, 0) is 12.4 Å². The van der Waals surface area contributed by atoms with Crippen LogP contribution in [0.3, 0.4) is 0 Å². The van der Waals surface area contributed by atoms with E-state index >= 15 is 0 Å². The van der Waals surface area contributed by atoms with E-state index < -0.39 is 35.2 Å². The van der Waals surface area contributed by atoms with Gasteiger partial charge in [-0.15, -0.1) is 10.2 Å². The van der Waals surface area contributed by atoms with Crippen molar-refractivity contribution in [2.45, 2.75) is 26.2 Å². The van der Waals surface area contributed by atoms with Crippen molar-refractivity contribution in [3.8, 4) is 0 Å². The van der Waals surface area contributed by atoms with Crippen molar-refractivity contribution in [2.24, 2.45) is 0 Å². The summed E-state index contributed by atoms with van der Waals surface area (Å²) in [7, 11) is 0. The van der Waals surface area contributed by atoms with E-state index in [1.54, 1.807) is 0 Å². The van der Waals surface area contributed by atoms with Gasteiger partial charge in [-0.2, -0.15) is 26.3 Å². The molecule has 1 fully saturated rings. The first kappa shape index (κ1) is 25.4. The fourth-order valence-electron chi connectivity index (χ4n) is 3.57. The van der Waals surface area contributed by atoms with Crippen molar-refractivity contribution in [2.75, 3.05) is 54.4 Å². The molecule has 0 radical (unpaired) electrons. The number of hydrogen-bond donors (Lipinski definition) is 1. The minimum atomic E-state index is -4.99. The number of benzene rings is 1. The van der Waals surface area contributed by atoms with Crippen LogP contribution in [0.25, 0.3) is 0 Å². The molecule has 34 heavy (non-hydrogen) atoms. The second-order valence-corrected chi connectivity index (χ2v) is 7.62. The van der Waals surface area contributed by atoms with Crippen LogP contribution in [-0.4, -0.2) is 60.4 Å². The molecule has 0 atom stereocenters. The molecule has 186 valence electrons. The van der Waals surface area contributed by atoms with Crippen LogP contribution in [0.5, 0.6) is 0 Å². The lowest BCUT2D eigenvalue weighted by Gasteiger charge is -2.35. The van der Waals surface area contributed by atoms with Gasteiger partial charge in [-0.25, -0.2) is 4.79 Å². The summed E-state index contributed by atoms with van der Waals surface area (Å²) in [5.74, 6) is 1.36. The molecule has 0 spiro atoms. The maximum Gasteiger partial charge on any atom is 0.416 e. The number of halogens is 6. The van der Waals surface area contributed by atoms with E-state index in [2.05, 4.69) is 15.5 Å². The van der Waals surface area contributed by atoms with E-state index in [9.17, 15) is 31.1 Å². The molecule has 0 saturated carbocycles. The van der Waals surface area contributed by atoms with Gasteiger partial charge in [-0.05, 0) is 44.2 Å². The zero-order valence-corrected chi connectivity index (χ0v) is 18.5. The quantitative estimate of drug-likeness (QED) is 0.615. The Labute approximate surface area is 192 Å². The van der Waals surface area contributed by atoms with Crippen molar-refractivity contribution >= 4 is 23.4 Å². The Bertz CT molecular complexity index is 950. The second-order valence-electron chi connectivity index (χ2n) is 7.62. The van der Waals surface area contributed by atoms with Gasteiger partial charge in [0.15, 0.2) is 11.6 Å². The third-order valence-corrected chi connectivity index (χ3v) is 5.45. The number of hydrogen-bond acceptors (Lipinski definition) is 5. The predicted octanol–water partition coefficient (Wildman–Crippen LogP) is 4.71. The minimum absolute atomic E-state index is 0.0149. The number of piperazine rings is 1. The monoisotopic (exact) mass is 490 g/mol. The Kier molecular flexibility index (Phi) is 7.41. The number of carbonyl (C=O) groups excluding carboxylic acids is 1. The summed E-state index contributed by atoms with van der Waals surface area (Å²) in [5.41, 5.74) is -3.56. The molecule has 0 aliphatic carbocycles. The molecule has 1 aromatic heterocycles. The van der Waals surface area contributed by atoms with Crippen molar-refractivity contribution < 1.29 is 31.1 Å². The van der Waals surface area contributed by atoms with Crippen LogP contribution in [0, 0.1) is 0 Å². The summed E-state index contributed by atoms with van der Waals surface area (Å²) in [6.07, 6.45) is -9.98. The number of amides is 2. The number of anilines is 3. The number of urea groups is 1. The molecule has 2 heterocycles. The van der Waals surface area contributed by atoms with Crippen LogP contribution in [0.2, 0.25) is 0 Å². The number of alkyl halides is 6. The number of aromatic nitrogens is 2. The highest BCUT2D eigenvalue weighted by molar-refractivity contribution is 5.89. The third-order valence-electron chi connectivity index (χ3n) is 5.45. The first-order valence-electron chi connectivity index (χ1n) is 10.6. The number of rotatable bonds is 5. The highest BCUT2D eigenvalue weighted by Crippen LogP contribution is 2.37. The Hall–Kier alpha value is -3.25. The lowest BCUT2D eigenvalue weighted by Crippen LogP contribution is -2.50. The maximum absolute atomic E-state index is 13.0. The molecule has 0 unspecified atom stereocenters. The second kappa shape index (κ2) is 9.94. The molecule has 1 aromatic carbocycles. The van der Waals surface area contributed by atoms with E-state index in [1.807, 2.05) is 35.8 Å². The van der Waals surface area contributed by atoms with Crippen LogP contribution in [0.15, 0.2) is 30.3 Å². The summed E-state index contributed by atoms with van der Waals surface area (Å²) in [6, 6.07) is 3.86. The Balaban J connectivity index is 1.65. The highest BCUT2D eigenvalue weighted by Gasteiger charge is 2.37. The molecule has 2 amide bonds. The van der Waals surface area contributed by atoms with E-state index in [0.717, 1.165) is 18.9 Å². The van der Waals surface area contributed by atoms with Gasteiger partial charge in [0, 0.05) is 45.0 Å². The lowest BCUT2D eigenvalue weighted by molar-refractivity contribution is -0.143.